The summed E-state index contributed by atoms with van der Waals surface area (Å²) in [4.78, 5) is 68.5. The minimum atomic E-state index is -4.71. The number of nitro groups is 2. The number of hydrogen-bond donors (Lipinski definition) is 1. The van der Waals surface area contributed by atoms with Gasteiger partial charge >= 0.3 is 337 Å². The van der Waals surface area contributed by atoms with Gasteiger partial charge in [-0.15, -0.1) is 0 Å². The van der Waals surface area contributed by atoms with Crippen molar-refractivity contribution in [3.05, 3.63) is 207 Å². The van der Waals surface area contributed by atoms with E-state index in [4.69, 9.17) is 21.7 Å². The molecule has 0 aromatic heterocycles. The summed E-state index contributed by atoms with van der Waals surface area (Å²) in [5.74, 6) is -0.913. The van der Waals surface area contributed by atoms with Gasteiger partial charge in [-0.25, -0.2) is 0 Å². The van der Waals surface area contributed by atoms with Gasteiger partial charge in [0.1, 0.15) is 0 Å². The average molecular weight is 883 g/mol. The van der Waals surface area contributed by atoms with Crippen molar-refractivity contribution in [1.29, 1.82) is 0 Å². The predicted octanol–water partition coefficient (Wildman–Crippen LogP) is 8.58. The zero-order chi connectivity index (χ0) is 44.4. The van der Waals surface area contributed by atoms with Crippen LogP contribution in [0.4, 0.5) is 21.0 Å². The molecule has 0 radical (unpaired) electrons. The summed E-state index contributed by atoms with van der Waals surface area (Å²) < 4.78 is 11.7. The number of alkyl carbamates (subject to hydrolysis) is 1. The van der Waals surface area contributed by atoms with Gasteiger partial charge in [-0.3, -0.25) is 10.1 Å². The quantitative estimate of drug-likeness (QED) is 0.0220. The SMILES string of the molecule is O=C(NCCC1C(=O)N(CP(C(=O)OCc2ccccc2[N+](=O)[O-])(c2ccccc2)(c2ccccc2)c2ccccc2)C1CC(=S)c1ccccc1)OCc1ccccc1[N+](=O)[O-]. The Morgan fingerprint density at radius 3 is 1.54 bits per heavy atom. The van der Waals surface area contributed by atoms with Gasteiger partial charge in [-0.1, -0.05) is 12.1 Å². The number of thiocarbonyl (C=S) groups is 1. The van der Waals surface area contributed by atoms with Gasteiger partial charge in [0.15, 0.2) is 0 Å². The number of β-lactam (4-membered cyclic amide) rings is 1. The molecule has 0 bridgehead atoms. The molecule has 7 rings (SSSR count). The van der Waals surface area contributed by atoms with Crippen LogP contribution in [-0.4, -0.2) is 56.2 Å². The van der Waals surface area contributed by atoms with E-state index in [-0.39, 0.29) is 60.7 Å². The Hall–Kier alpha value is -7.15. The monoisotopic (exact) mass is 882 g/mol. The molecule has 1 fully saturated rings. The molecule has 2 unspecified atom stereocenters. The number of ether oxygens (including phenoxy) is 2. The first-order valence-electron chi connectivity index (χ1n) is 20.1. The number of carbonyl (C=O) groups excluding carboxylic acids is 3. The Balaban J connectivity index is 1.28. The van der Waals surface area contributed by atoms with Gasteiger partial charge < -0.3 is 0 Å². The topological polar surface area (TPSA) is 171 Å². The number of benzene rings is 6. The van der Waals surface area contributed by atoms with Crippen molar-refractivity contribution in [3.63, 3.8) is 0 Å². The number of para-hydroxylation sites is 2. The fourth-order valence-electron chi connectivity index (χ4n) is 8.42. The minimum Gasteiger partial charge on any atom is -0.258 e. The van der Waals surface area contributed by atoms with E-state index < -0.39 is 46.8 Å². The van der Waals surface area contributed by atoms with Crippen LogP contribution in [0.15, 0.2) is 170 Å². The smallest absolute Gasteiger partial charge is 0.258 e. The fourth-order valence-corrected chi connectivity index (χ4v) is 14.7. The van der Waals surface area contributed by atoms with Gasteiger partial charge in [0.25, 0.3) is 0 Å². The Morgan fingerprint density at radius 1 is 0.635 bits per heavy atom. The van der Waals surface area contributed by atoms with Crippen molar-refractivity contribution in [2.24, 2.45) is 5.92 Å². The first kappa shape index (κ1) is 43.9. The standard InChI is InChI=1S/C48H43N4O9PS/c53-46-41(29-30-49-47(54)60-32-36-19-13-15-27-42(36)51(56)57)44(31-45(63)35-17-5-1-6-18-35)50(46)34-62(38-21-7-2-8-22-38,39-23-9-3-10-24-39,40-25-11-4-12-26-40)48(55)61-33-37-20-14-16-28-43(37)52(58)59/h1-28,41,44H,29-34H2,(H,49,54). The van der Waals surface area contributed by atoms with Crippen LogP contribution < -0.4 is 21.2 Å². The maximum absolute atomic E-state index is 15.9. The summed E-state index contributed by atoms with van der Waals surface area (Å²) in [5.41, 5.74) is 0.240. The summed E-state index contributed by atoms with van der Waals surface area (Å²) in [6.45, 7) is -5.41. The molecule has 320 valence electrons. The Labute approximate surface area is 368 Å². The van der Waals surface area contributed by atoms with Crippen LogP contribution in [-0.2, 0) is 27.5 Å². The van der Waals surface area contributed by atoms with E-state index in [1.165, 1.54) is 24.3 Å². The van der Waals surface area contributed by atoms with Gasteiger partial charge in [0.05, 0.1) is 4.92 Å². The average Bonchev–Trinajstić information content (AvgIpc) is 3.32. The third-order valence-electron chi connectivity index (χ3n) is 11.6. The molecule has 1 heterocycles. The second kappa shape index (κ2) is 19.3. The van der Waals surface area contributed by atoms with Gasteiger partial charge in [-0.05, 0) is 0 Å². The van der Waals surface area contributed by atoms with E-state index in [1.54, 1.807) is 29.2 Å². The van der Waals surface area contributed by atoms with Crippen molar-refractivity contribution in [2.75, 3.05) is 12.8 Å². The number of nitrogens with one attached hydrogen (secondary N) is 1. The summed E-state index contributed by atoms with van der Waals surface area (Å²) in [6.07, 6.45) is -0.481. The molecular weight excluding hydrogens is 840 g/mol. The van der Waals surface area contributed by atoms with Crippen LogP contribution in [0.5, 0.6) is 0 Å². The second-order valence-electron chi connectivity index (χ2n) is 15.0. The molecule has 0 spiro atoms. The predicted molar refractivity (Wildman–Crippen MR) is 246 cm³/mol. The molecule has 13 nitrogen and oxygen atoms in total. The van der Waals surface area contributed by atoms with Crippen LogP contribution in [0, 0.1) is 26.1 Å². The molecule has 6 aromatic rings. The second-order valence-corrected chi connectivity index (χ2v) is 20.3. The molecule has 0 aliphatic carbocycles. The van der Waals surface area contributed by atoms with Crippen LogP contribution in [0.3, 0.4) is 0 Å². The van der Waals surface area contributed by atoms with Crippen molar-refractivity contribution in [1.82, 2.24) is 10.2 Å². The number of nitrogens with zero attached hydrogens (tertiary/aromatic N) is 3. The van der Waals surface area contributed by atoms with Crippen LogP contribution in [0.1, 0.15) is 29.5 Å². The molecule has 2 amide bonds. The summed E-state index contributed by atoms with van der Waals surface area (Å²) >= 11 is 6.02. The first-order valence-corrected chi connectivity index (χ1v) is 23.0. The Bertz CT molecular complexity index is 2540. The maximum atomic E-state index is 15.9. The number of carbonyl (C=O) groups is 3. The number of hydrogen-bond acceptors (Lipinski definition) is 10. The zero-order valence-corrected chi connectivity index (χ0v) is 35.6. The van der Waals surface area contributed by atoms with Crippen LogP contribution in [0.2, 0.25) is 0 Å². The molecule has 6 aromatic carbocycles. The van der Waals surface area contributed by atoms with Crippen LogP contribution in [0.25, 0.3) is 0 Å². The van der Waals surface area contributed by atoms with E-state index >= 15 is 4.79 Å². The van der Waals surface area contributed by atoms with Crippen molar-refractivity contribution >= 4 is 68.7 Å². The molecule has 2 atom stereocenters. The molecule has 1 saturated heterocycles. The third kappa shape index (κ3) is 8.68. The van der Waals surface area contributed by atoms with Crippen molar-refractivity contribution in [2.45, 2.75) is 32.1 Å². The van der Waals surface area contributed by atoms with E-state index in [2.05, 4.69) is 5.32 Å². The first-order chi connectivity index (χ1) is 30.5. The van der Waals surface area contributed by atoms with Crippen LogP contribution >= 0.6 is 18.8 Å². The number of rotatable bonds is 18. The number of nitro benzene ring substituents is 2. The van der Waals surface area contributed by atoms with Gasteiger partial charge in [0, 0.05) is 6.07 Å². The Morgan fingerprint density at radius 2 is 1.06 bits per heavy atom. The Kier molecular flexibility index (Phi) is 13.4. The molecule has 0 saturated carbocycles. The van der Waals surface area contributed by atoms with E-state index in [0.29, 0.717) is 20.8 Å². The van der Waals surface area contributed by atoms with Crippen molar-refractivity contribution in [3.8, 4) is 0 Å². The normalized spacial score (nSPS) is 15.2. The summed E-state index contributed by atoms with van der Waals surface area (Å²) in [6, 6.07) is 48.7. The number of amides is 2. The van der Waals surface area contributed by atoms with E-state index in [9.17, 15) is 29.8 Å². The van der Waals surface area contributed by atoms with E-state index in [0.717, 1.165) is 5.56 Å². The fraction of sp³-hybridized carbons (Fsp3) is 0.167. The van der Waals surface area contributed by atoms with E-state index in [1.807, 2.05) is 121 Å². The van der Waals surface area contributed by atoms with Gasteiger partial charge in [-0.2, -0.15) is 0 Å². The molecule has 1 aliphatic rings. The molecule has 15 heteroatoms. The molecule has 1 N–H and O–H groups in total. The van der Waals surface area contributed by atoms with Gasteiger partial charge in [0.2, 0.25) is 0 Å². The molecule has 63 heavy (non-hydrogen) atoms. The summed E-state index contributed by atoms with van der Waals surface area (Å²) in [7, 11) is 0. The third-order valence-corrected chi connectivity index (χ3v) is 18.1. The zero-order valence-electron chi connectivity index (χ0n) is 33.9. The molecule has 1 aliphatic heterocycles. The number of likely N-dealkylation sites (tertiary alicyclic amines) is 1. The molecular formula is C48H43N4O9PS. The summed E-state index contributed by atoms with van der Waals surface area (Å²) in [5, 5.41) is 28.1. The minimum absolute atomic E-state index is 0.0338. The van der Waals surface area contributed by atoms with Crippen molar-refractivity contribution < 1.29 is 33.7 Å².